The highest BCUT2D eigenvalue weighted by atomic mass is 32.2. The summed E-state index contributed by atoms with van der Waals surface area (Å²) in [5, 5.41) is 12.9. The normalized spacial score (nSPS) is 24.0. The van der Waals surface area contributed by atoms with Crippen LogP contribution in [0.2, 0.25) is 0 Å². The second-order valence-electron chi connectivity index (χ2n) is 4.00. The Kier molecular flexibility index (Phi) is 3.68. The lowest BCUT2D eigenvalue weighted by Gasteiger charge is -2.19. The van der Waals surface area contributed by atoms with E-state index in [2.05, 4.69) is 22.6 Å². The number of hydrogen-bond acceptors (Lipinski definition) is 4. The summed E-state index contributed by atoms with van der Waals surface area (Å²) < 4.78 is 0. The molecule has 4 heteroatoms. The minimum absolute atomic E-state index is 0.497. The molecule has 0 bridgehead atoms. The first-order valence-corrected chi connectivity index (χ1v) is 6.78. The standard InChI is InChI=1S/C12H15N3S/c1-16-11-4-2-3-10(11)15-12-7-9(8-13)5-6-14-12/h5-7,10-11H,2-4H2,1H3,(H,14,15). The number of pyridine rings is 1. The van der Waals surface area contributed by atoms with Crippen LogP contribution in [0.1, 0.15) is 24.8 Å². The van der Waals surface area contributed by atoms with Crippen molar-refractivity contribution in [2.45, 2.75) is 30.6 Å². The molecule has 2 atom stereocenters. The third kappa shape index (κ3) is 2.48. The van der Waals surface area contributed by atoms with Gasteiger partial charge in [0.05, 0.1) is 11.6 Å². The molecule has 3 nitrogen and oxygen atoms in total. The summed E-state index contributed by atoms with van der Waals surface area (Å²) in [5.41, 5.74) is 0.663. The van der Waals surface area contributed by atoms with E-state index >= 15 is 0 Å². The zero-order valence-corrected chi connectivity index (χ0v) is 10.1. The summed E-state index contributed by atoms with van der Waals surface area (Å²) in [7, 11) is 0. The Labute approximate surface area is 100 Å². The predicted molar refractivity (Wildman–Crippen MR) is 67.5 cm³/mol. The first-order valence-electron chi connectivity index (χ1n) is 5.49. The molecule has 0 aliphatic heterocycles. The van der Waals surface area contributed by atoms with Crippen LogP contribution in [0.15, 0.2) is 18.3 Å². The lowest BCUT2D eigenvalue weighted by atomic mass is 10.2. The van der Waals surface area contributed by atoms with Crippen LogP contribution in [-0.4, -0.2) is 22.5 Å². The molecule has 2 rings (SSSR count). The van der Waals surface area contributed by atoms with Gasteiger partial charge in [0.1, 0.15) is 5.82 Å². The lowest BCUT2D eigenvalue weighted by molar-refractivity contribution is 0.763. The van der Waals surface area contributed by atoms with E-state index in [1.54, 1.807) is 12.3 Å². The predicted octanol–water partition coefficient (Wildman–Crippen LogP) is 2.65. The van der Waals surface area contributed by atoms with Gasteiger partial charge in [0.25, 0.3) is 0 Å². The summed E-state index contributed by atoms with van der Waals surface area (Å²) in [6.45, 7) is 0. The molecule has 84 valence electrons. The number of hydrogen-bond donors (Lipinski definition) is 1. The van der Waals surface area contributed by atoms with Crippen molar-refractivity contribution in [3.63, 3.8) is 0 Å². The van der Waals surface area contributed by atoms with Gasteiger partial charge in [-0.25, -0.2) is 4.98 Å². The van der Waals surface area contributed by atoms with Crippen molar-refractivity contribution in [2.24, 2.45) is 0 Å². The second-order valence-corrected chi connectivity index (χ2v) is 5.07. The molecule has 0 spiro atoms. The maximum Gasteiger partial charge on any atom is 0.127 e. The van der Waals surface area contributed by atoms with Crippen LogP contribution in [0.4, 0.5) is 5.82 Å². The van der Waals surface area contributed by atoms with Crippen molar-refractivity contribution in [1.82, 2.24) is 4.98 Å². The minimum Gasteiger partial charge on any atom is -0.366 e. The average Bonchev–Trinajstić information content (AvgIpc) is 2.76. The summed E-state index contributed by atoms with van der Waals surface area (Å²) in [6.07, 6.45) is 7.59. The number of anilines is 1. The molecule has 0 radical (unpaired) electrons. The first kappa shape index (κ1) is 11.3. The third-order valence-corrected chi connectivity index (χ3v) is 4.15. The van der Waals surface area contributed by atoms with Gasteiger partial charge in [0, 0.05) is 17.5 Å². The number of thioether (sulfide) groups is 1. The van der Waals surface area contributed by atoms with Crippen LogP contribution < -0.4 is 5.32 Å². The Morgan fingerprint density at radius 1 is 1.56 bits per heavy atom. The second kappa shape index (κ2) is 5.22. The SMILES string of the molecule is CSC1CCCC1Nc1cc(C#N)ccn1. The van der Waals surface area contributed by atoms with Gasteiger partial charge < -0.3 is 5.32 Å². The molecule has 1 aromatic rings. The van der Waals surface area contributed by atoms with E-state index in [1.165, 1.54) is 19.3 Å². The first-order chi connectivity index (χ1) is 7.83. The van der Waals surface area contributed by atoms with Crippen molar-refractivity contribution in [3.05, 3.63) is 23.9 Å². The van der Waals surface area contributed by atoms with Gasteiger partial charge in [0.2, 0.25) is 0 Å². The molecular weight excluding hydrogens is 218 g/mol. The summed E-state index contributed by atoms with van der Waals surface area (Å²) in [4.78, 5) is 4.25. The van der Waals surface area contributed by atoms with Crippen LogP contribution >= 0.6 is 11.8 Å². The van der Waals surface area contributed by atoms with Crippen molar-refractivity contribution >= 4 is 17.6 Å². The summed E-state index contributed by atoms with van der Waals surface area (Å²) >= 11 is 1.91. The Morgan fingerprint density at radius 2 is 2.44 bits per heavy atom. The Bertz CT molecular complexity index is 399. The van der Waals surface area contributed by atoms with Crippen LogP contribution in [0.25, 0.3) is 0 Å². The smallest absolute Gasteiger partial charge is 0.127 e. The fraction of sp³-hybridized carbons (Fsp3) is 0.500. The maximum atomic E-state index is 8.81. The quantitative estimate of drug-likeness (QED) is 0.872. The topological polar surface area (TPSA) is 48.7 Å². The highest BCUT2D eigenvalue weighted by Crippen LogP contribution is 2.30. The van der Waals surface area contributed by atoms with Crippen LogP contribution in [-0.2, 0) is 0 Å². The molecule has 0 aromatic carbocycles. The van der Waals surface area contributed by atoms with Crippen molar-refractivity contribution < 1.29 is 0 Å². The molecule has 16 heavy (non-hydrogen) atoms. The summed E-state index contributed by atoms with van der Waals surface area (Å²) in [5.74, 6) is 0.824. The van der Waals surface area contributed by atoms with E-state index in [-0.39, 0.29) is 0 Å². The van der Waals surface area contributed by atoms with E-state index in [1.807, 2.05) is 17.8 Å². The highest BCUT2D eigenvalue weighted by molar-refractivity contribution is 7.99. The zero-order chi connectivity index (χ0) is 11.4. The highest BCUT2D eigenvalue weighted by Gasteiger charge is 2.26. The van der Waals surface area contributed by atoms with E-state index in [0.29, 0.717) is 16.9 Å². The monoisotopic (exact) mass is 233 g/mol. The zero-order valence-electron chi connectivity index (χ0n) is 9.31. The molecular formula is C12H15N3S. The minimum atomic E-state index is 0.497. The number of rotatable bonds is 3. The molecule has 1 aliphatic carbocycles. The van der Waals surface area contributed by atoms with Crippen molar-refractivity contribution in [2.75, 3.05) is 11.6 Å². The molecule has 1 fully saturated rings. The van der Waals surface area contributed by atoms with Gasteiger partial charge in [-0.15, -0.1) is 0 Å². The largest absolute Gasteiger partial charge is 0.366 e. The Hall–Kier alpha value is -1.21. The fourth-order valence-electron chi connectivity index (χ4n) is 2.14. The molecule has 1 heterocycles. The van der Waals surface area contributed by atoms with Crippen molar-refractivity contribution in [1.29, 1.82) is 5.26 Å². The average molecular weight is 233 g/mol. The van der Waals surface area contributed by atoms with Gasteiger partial charge in [-0.3, -0.25) is 0 Å². The Morgan fingerprint density at radius 3 is 3.19 bits per heavy atom. The third-order valence-electron chi connectivity index (χ3n) is 2.98. The number of nitriles is 1. The molecule has 0 saturated heterocycles. The van der Waals surface area contributed by atoms with Gasteiger partial charge >= 0.3 is 0 Å². The number of aromatic nitrogens is 1. The van der Waals surface area contributed by atoms with Crippen LogP contribution in [0, 0.1) is 11.3 Å². The summed E-state index contributed by atoms with van der Waals surface area (Å²) in [6, 6.07) is 6.17. The lowest BCUT2D eigenvalue weighted by Crippen LogP contribution is -2.26. The number of nitrogens with zero attached hydrogens (tertiary/aromatic N) is 2. The van der Waals surface area contributed by atoms with Gasteiger partial charge in [-0.05, 0) is 31.2 Å². The maximum absolute atomic E-state index is 8.81. The molecule has 2 unspecified atom stereocenters. The van der Waals surface area contributed by atoms with E-state index in [4.69, 9.17) is 5.26 Å². The van der Waals surface area contributed by atoms with Gasteiger partial charge in [-0.1, -0.05) is 6.42 Å². The van der Waals surface area contributed by atoms with Crippen LogP contribution in [0.3, 0.4) is 0 Å². The molecule has 1 saturated carbocycles. The molecule has 1 N–H and O–H groups in total. The molecule has 1 aromatic heterocycles. The van der Waals surface area contributed by atoms with E-state index in [9.17, 15) is 0 Å². The molecule has 0 amide bonds. The molecule has 1 aliphatic rings. The van der Waals surface area contributed by atoms with E-state index < -0.39 is 0 Å². The Balaban J connectivity index is 2.06. The number of nitrogens with one attached hydrogen (secondary N) is 1. The van der Waals surface area contributed by atoms with Crippen molar-refractivity contribution in [3.8, 4) is 6.07 Å². The van der Waals surface area contributed by atoms with Gasteiger partial charge in [0.15, 0.2) is 0 Å². The van der Waals surface area contributed by atoms with E-state index in [0.717, 1.165) is 5.82 Å². The fourth-order valence-corrected chi connectivity index (χ4v) is 3.08. The van der Waals surface area contributed by atoms with Gasteiger partial charge in [-0.2, -0.15) is 17.0 Å². The van der Waals surface area contributed by atoms with Crippen LogP contribution in [0.5, 0.6) is 0 Å².